The minimum absolute atomic E-state index is 0.0414. The van der Waals surface area contributed by atoms with Gasteiger partial charge in [-0.3, -0.25) is 9.59 Å². The lowest BCUT2D eigenvalue weighted by Crippen LogP contribution is -2.44. The first kappa shape index (κ1) is 16.3. The number of carbonyl (C=O) groups is 2. The Morgan fingerprint density at radius 3 is 2.50 bits per heavy atom. The second kappa shape index (κ2) is 7.24. The van der Waals surface area contributed by atoms with E-state index in [9.17, 15) is 14.0 Å². The van der Waals surface area contributed by atoms with Crippen LogP contribution in [-0.2, 0) is 9.59 Å². The fourth-order valence-corrected chi connectivity index (χ4v) is 2.59. The molecule has 0 aliphatic heterocycles. The van der Waals surface area contributed by atoms with Gasteiger partial charge in [0.2, 0.25) is 0 Å². The molecule has 1 aliphatic carbocycles. The molecule has 1 saturated carbocycles. The lowest BCUT2D eigenvalue weighted by molar-refractivity contribution is -0.142. The van der Waals surface area contributed by atoms with E-state index in [-0.39, 0.29) is 23.6 Å². The quantitative estimate of drug-likeness (QED) is 0.875. The smallest absolute Gasteiger partial charge is 0.306 e. The summed E-state index contributed by atoms with van der Waals surface area (Å²) in [5, 5.41) is 11.8. The monoisotopic (exact) mass is 309 g/mol. The van der Waals surface area contributed by atoms with E-state index >= 15 is 0 Å². The molecule has 22 heavy (non-hydrogen) atoms. The largest absolute Gasteiger partial charge is 0.481 e. The minimum Gasteiger partial charge on any atom is -0.481 e. The van der Waals surface area contributed by atoms with Crippen molar-refractivity contribution in [3.63, 3.8) is 0 Å². The second-order valence-electron chi connectivity index (χ2n) is 5.59. The first-order valence-electron chi connectivity index (χ1n) is 7.41. The normalized spacial score (nSPS) is 22.6. The number of nitrogens with one attached hydrogen (secondary N) is 1. The molecule has 1 aliphatic rings. The molecule has 5 nitrogen and oxygen atoms in total. The molecule has 2 N–H and O–H groups in total. The van der Waals surface area contributed by atoms with Crippen molar-refractivity contribution in [1.82, 2.24) is 5.32 Å². The van der Waals surface area contributed by atoms with Crippen molar-refractivity contribution in [2.45, 2.75) is 44.8 Å². The lowest BCUT2D eigenvalue weighted by Gasteiger charge is -2.27. The first-order valence-corrected chi connectivity index (χ1v) is 7.41. The van der Waals surface area contributed by atoms with Gasteiger partial charge in [0.1, 0.15) is 0 Å². The summed E-state index contributed by atoms with van der Waals surface area (Å²) in [5.41, 5.74) is 0. The van der Waals surface area contributed by atoms with Crippen LogP contribution in [0.15, 0.2) is 24.3 Å². The van der Waals surface area contributed by atoms with Gasteiger partial charge in [-0.05, 0) is 44.7 Å². The zero-order valence-electron chi connectivity index (χ0n) is 12.4. The number of para-hydroxylation sites is 1. The number of carboxylic acids is 1. The number of rotatable bonds is 5. The SMILES string of the molecule is CC(Oc1ccccc1F)C(=O)NC1CCC(C(=O)O)CC1. The second-order valence-corrected chi connectivity index (χ2v) is 5.59. The zero-order valence-corrected chi connectivity index (χ0v) is 12.4. The summed E-state index contributed by atoms with van der Waals surface area (Å²) < 4.78 is 18.8. The Bertz CT molecular complexity index is 541. The van der Waals surface area contributed by atoms with E-state index in [0.29, 0.717) is 25.7 Å². The van der Waals surface area contributed by atoms with Crippen LogP contribution in [0.4, 0.5) is 4.39 Å². The van der Waals surface area contributed by atoms with Crippen LogP contribution in [0.5, 0.6) is 5.75 Å². The van der Waals surface area contributed by atoms with Crippen molar-refractivity contribution < 1.29 is 23.8 Å². The topological polar surface area (TPSA) is 75.6 Å². The van der Waals surface area contributed by atoms with Gasteiger partial charge in [-0.25, -0.2) is 4.39 Å². The predicted molar refractivity (Wildman–Crippen MR) is 78.0 cm³/mol. The van der Waals surface area contributed by atoms with Gasteiger partial charge in [0.05, 0.1) is 5.92 Å². The van der Waals surface area contributed by atoms with E-state index < -0.39 is 17.9 Å². The molecular weight excluding hydrogens is 289 g/mol. The summed E-state index contributed by atoms with van der Waals surface area (Å²) in [4.78, 5) is 23.0. The Hall–Kier alpha value is -2.11. The molecular formula is C16H20FNO4. The third-order valence-electron chi connectivity index (χ3n) is 3.93. The van der Waals surface area contributed by atoms with E-state index in [1.165, 1.54) is 12.1 Å². The number of hydrogen-bond acceptors (Lipinski definition) is 3. The number of amides is 1. The van der Waals surface area contributed by atoms with Crippen LogP contribution >= 0.6 is 0 Å². The molecule has 0 saturated heterocycles. The van der Waals surface area contributed by atoms with Crippen LogP contribution in [0.1, 0.15) is 32.6 Å². The van der Waals surface area contributed by atoms with Crippen molar-refractivity contribution in [2.24, 2.45) is 5.92 Å². The Morgan fingerprint density at radius 1 is 1.27 bits per heavy atom. The zero-order chi connectivity index (χ0) is 16.1. The maximum Gasteiger partial charge on any atom is 0.306 e. The van der Waals surface area contributed by atoms with Gasteiger partial charge in [-0.15, -0.1) is 0 Å². The summed E-state index contributed by atoms with van der Waals surface area (Å²) in [5.74, 6) is -1.88. The van der Waals surface area contributed by atoms with Crippen molar-refractivity contribution in [3.05, 3.63) is 30.1 Å². The summed E-state index contributed by atoms with van der Waals surface area (Å²) in [7, 11) is 0. The van der Waals surface area contributed by atoms with Gasteiger partial charge in [0.25, 0.3) is 5.91 Å². The summed E-state index contributed by atoms with van der Waals surface area (Å²) >= 11 is 0. The standard InChI is InChI=1S/C16H20FNO4/c1-10(22-14-5-3-2-4-13(14)17)15(19)18-12-8-6-11(7-9-12)16(20)21/h2-5,10-12H,6-9H2,1H3,(H,18,19)(H,20,21). The molecule has 1 unspecified atom stereocenters. The fraction of sp³-hybridized carbons (Fsp3) is 0.500. The van der Waals surface area contributed by atoms with Crippen LogP contribution in [0, 0.1) is 11.7 Å². The molecule has 0 heterocycles. The molecule has 1 fully saturated rings. The number of halogens is 1. The maximum atomic E-state index is 13.5. The molecule has 1 aromatic rings. The molecule has 2 rings (SSSR count). The van der Waals surface area contributed by atoms with E-state index in [4.69, 9.17) is 9.84 Å². The van der Waals surface area contributed by atoms with Crippen LogP contribution in [0.2, 0.25) is 0 Å². The highest BCUT2D eigenvalue weighted by Crippen LogP contribution is 2.24. The average Bonchev–Trinajstić information content (AvgIpc) is 2.50. The number of aliphatic carboxylic acids is 1. The van der Waals surface area contributed by atoms with E-state index in [0.717, 1.165) is 0 Å². The molecule has 0 spiro atoms. The number of ether oxygens (including phenoxy) is 1. The summed E-state index contributed by atoms with van der Waals surface area (Å²) in [6.07, 6.45) is 1.57. The number of benzene rings is 1. The van der Waals surface area contributed by atoms with Gasteiger partial charge in [-0.1, -0.05) is 12.1 Å². The minimum atomic E-state index is -0.811. The highest BCUT2D eigenvalue weighted by atomic mass is 19.1. The predicted octanol–water partition coefficient (Wildman–Crippen LogP) is 2.35. The molecule has 1 aromatic carbocycles. The van der Waals surface area contributed by atoms with Crippen LogP contribution in [-0.4, -0.2) is 29.1 Å². The molecule has 120 valence electrons. The van der Waals surface area contributed by atoms with Gasteiger partial charge >= 0.3 is 5.97 Å². The summed E-state index contributed by atoms with van der Waals surface area (Å²) in [6, 6.07) is 5.88. The van der Waals surface area contributed by atoms with Gasteiger partial charge in [0.15, 0.2) is 17.7 Å². The van der Waals surface area contributed by atoms with Gasteiger partial charge in [0, 0.05) is 6.04 Å². The Balaban J connectivity index is 1.82. The average molecular weight is 309 g/mol. The van der Waals surface area contributed by atoms with Crippen molar-refractivity contribution in [1.29, 1.82) is 0 Å². The van der Waals surface area contributed by atoms with Crippen molar-refractivity contribution >= 4 is 11.9 Å². The van der Waals surface area contributed by atoms with Crippen LogP contribution < -0.4 is 10.1 Å². The van der Waals surface area contributed by atoms with E-state index in [1.54, 1.807) is 19.1 Å². The molecule has 0 radical (unpaired) electrons. The number of hydrogen-bond donors (Lipinski definition) is 2. The van der Waals surface area contributed by atoms with Gasteiger partial charge < -0.3 is 15.2 Å². The highest BCUT2D eigenvalue weighted by molar-refractivity contribution is 5.81. The number of carboxylic acid groups (broad SMARTS) is 1. The van der Waals surface area contributed by atoms with Crippen LogP contribution in [0.25, 0.3) is 0 Å². The number of carbonyl (C=O) groups excluding carboxylic acids is 1. The summed E-state index contributed by atoms with van der Waals surface area (Å²) in [6.45, 7) is 1.56. The Kier molecular flexibility index (Phi) is 5.35. The van der Waals surface area contributed by atoms with Gasteiger partial charge in [-0.2, -0.15) is 0 Å². The van der Waals surface area contributed by atoms with Crippen molar-refractivity contribution in [3.8, 4) is 5.75 Å². The van der Waals surface area contributed by atoms with E-state index in [2.05, 4.69) is 5.32 Å². The highest BCUT2D eigenvalue weighted by Gasteiger charge is 2.28. The molecule has 6 heteroatoms. The maximum absolute atomic E-state index is 13.5. The fourth-order valence-electron chi connectivity index (χ4n) is 2.59. The molecule has 1 atom stereocenters. The third-order valence-corrected chi connectivity index (χ3v) is 3.93. The third kappa shape index (κ3) is 4.19. The van der Waals surface area contributed by atoms with E-state index in [1.807, 2.05) is 0 Å². The molecule has 0 aromatic heterocycles. The lowest BCUT2D eigenvalue weighted by atomic mass is 9.86. The first-order chi connectivity index (χ1) is 10.5. The molecule has 1 amide bonds. The Labute approximate surface area is 128 Å². The van der Waals surface area contributed by atoms with Crippen LogP contribution in [0.3, 0.4) is 0 Å². The Morgan fingerprint density at radius 2 is 1.91 bits per heavy atom. The van der Waals surface area contributed by atoms with Crippen molar-refractivity contribution in [2.75, 3.05) is 0 Å². The molecule has 0 bridgehead atoms.